The molecule has 2 amide bonds. The molecule has 2 aromatic rings. The van der Waals surface area contributed by atoms with Crippen molar-refractivity contribution in [3.05, 3.63) is 30.1 Å². The Hall–Kier alpha value is -1.91. The summed E-state index contributed by atoms with van der Waals surface area (Å²) < 4.78 is 7.45. The van der Waals surface area contributed by atoms with Crippen LogP contribution in [0.4, 0.5) is 0 Å². The van der Waals surface area contributed by atoms with Crippen molar-refractivity contribution in [1.29, 1.82) is 0 Å². The molecule has 214 valence electrons. The average molecular weight is 573 g/mol. The number of imidazole rings is 1. The number of piperidine rings is 1. The normalized spacial score (nSPS) is 19.6. The topological polar surface area (TPSA) is 99.9 Å². The Kier molecular flexibility index (Phi) is 13.3. The summed E-state index contributed by atoms with van der Waals surface area (Å²) in [6, 6.07) is 7.80. The maximum atomic E-state index is 14.1. The number of amides is 2. The number of halogens is 2. The number of nitrogens with zero attached hydrogens (tertiary/aromatic N) is 4. The first kappa shape index (κ1) is 32.3. The summed E-state index contributed by atoms with van der Waals surface area (Å²) in [7, 11) is 0. The number of hydrogen-bond acceptors (Lipinski definition) is 6. The van der Waals surface area contributed by atoms with Gasteiger partial charge >= 0.3 is 0 Å². The molecule has 2 saturated heterocycles. The number of carbonyl (C=O) groups excluding carboxylic acids is 2. The molecule has 1 aromatic carbocycles. The highest BCUT2D eigenvalue weighted by Gasteiger charge is 2.36. The maximum Gasteiger partial charge on any atom is 0.290 e. The van der Waals surface area contributed by atoms with Crippen LogP contribution in [0.2, 0.25) is 0 Å². The first-order valence-corrected chi connectivity index (χ1v) is 13.4. The molecule has 2 atom stereocenters. The Morgan fingerprint density at radius 2 is 1.87 bits per heavy atom. The lowest BCUT2D eigenvalue weighted by molar-refractivity contribution is -0.140. The van der Waals surface area contributed by atoms with Gasteiger partial charge in [-0.15, -0.1) is 24.8 Å². The molecule has 2 fully saturated rings. The smallest absolute Gasteiger partial charge is 0.290 e. The number of aliphatic hydroxyl groups is 1. The number of rotatable bonds is 10. The summed E-state index contributed by atoms with van der Waals surface area (Å²) in [6.07, 6.45) is 3.16. The number of fused-ring (bicyclic) bond motifs is 1. The van der Waals surface area contributed by atoms with Gasteiger partial charge in [-0.2, -0.15) is 0 Å². The van der Waals surface area contributed by atoms with E-state index >= 15 is 0 Å². The van der Waals surface area contributed by atoms with E-state index in [4.69, 9.17) is 14.8 Å². The minimum absolute atomic E-state index is 0. The number of morpholine rings is 1. The lowest BCUT2D eigenvalue weighted by atomic mass is 9.92. The van der Waals surface area contributed by atoms with Crippen LogP contribution in [0.3, 0.4) is 0 Å². The second-order valence-electron chi connectivity index (χ2n) is 10.4. The minimum Gasteiger partial charge on any atom is -0.396 e. The van der Waals surface area contributed by atoms with Gasteiger partial charge in [0.25, 0.3) is 5.91 Å². The van der Waals surface area contributed by atoms with Gasteiger partial charge < -0.3 is 29.5 Å². The van der Waals surface area contributed by atoms with Gasteiger partial charge in [0.1, 0.15) is 0 Å². The molecular weight excluding hydrogens is 529 g/mol. The summed E-state index contributed by atoms with van der Waals surface area (Å²) in [5.74, 6) is 0.674. The fourth-order valence-electron chi connectivity index (χ4n) is 5.33. The van der Waals surface area contributed by atoms with Crippen molar-refractivity contribution in [2.75, 3.05) is 52.5 Å². The van der Waals surface area contributed by atoms with Crippen LogP contribution in [0.15, 0.2) is 24.3 Å². The number of hydrogen-bond donors (Lipinski definition) is 2. The van der Waals surface area contributed by atoms with Crippen molar-refractivity contribution in [1.82, 2.24) is 24.7 Å². The predicted molar refractivity (Wildman–Crippen MR) is 153 cm³/mol. The number of nitrogens with one attached hydrogen (secondary N) is 1. The van der Waals surface area contributed by atoms with Gasteiger partial charge in [-0.05, 0) is 43.7 Å². The molecular formula is C27H43Cl2N5O4. The number of aryl methyl sites for hydroxylation is 1. The summed E-state index contributed by atoms with van der Waals surface area (Å²) in [4.78, 5) is 35.9. The molecule has 0 aliphatic carbocycles. The summed E-state index contributed by atoms with van der Waals surface area (Å²) in [6.45, 7) is 9.44. The highest BCUT2D eigenvalue weighted by atomic mass is 35.5. The average Bonchev–Trinajstić information content (AvgIpc) is 3.28. The van der Waals surface area contributed by atoms with E-state index in [2.05, 4.69) is 19.2 Å². The van der Waals surface area contributed by atoms with E-state index in [-0.39, 0.29) is 61.1 Å². The standard InChI is InChI=1S/C27H41N5O4.2ClH/c1-20(2)19-32(22-16-21(17-28-18-22)26(34)30-11-14-36-15-12-30)27(35)25-29-23-8-4-5-9-24(23)31(25)10-6-3-7-13-33;;/h4-5,8-9,20-22,28,33H,3,6-7,10-19H2,1-2H3;2*1H/t21-,22+;;/m1../s1. The number of ether oxygens (including phenoxy) is 1. The van der Waals surface area contributed by atoms with E-state index < -0.39 is 0 Å². The van der Waals surface area contributed by atoms with Crippen molar-refractivity contribution >= 4 is 47.7 Å². The molecule has 0 radical (unpaired) electrons. The van der Waals surface area contributed by atoms with Crippen molar-refractivity contribution < 1.29 is 19.4 Å². The number of aliphatic hydroxyl groups excluding tert-OH is 1. The summed E-state index contributed by atoms with van der Waals surface area (Å²) in [5, 5.41) is 12.6. The zero-order valence-corrected chi connectivity index (χ0v) is 24.1. The first-order chi connectivity index (χ1) is 17.5. The minimum atomic E-state index is -0.151. The van der Waals surface area contributed by atoms with Crippen LogP contribution in [-0.4, -0.2) is 94.9 Å². The van der Waals surface area contributed by atoms with Crippen molar-refractivity contribution in [3.63, 3.8) is 0 Å². The fourth-order valence-corrected chi connectivity index (χ4v) is 5.33. The van der Waals surface area contributed by atoms with E-state index in [1.165, 1.54) is 0 Å². The predicted octanol–water partition coefficient (Wildman–Crippen LogP) is 2.98. The van der Waals surface area contributed by atoms with E-state index in [9.17, 15) is 9.59 Å². The van der Waals surface area contributed by atoms with E-state index in [1.54, 1.807) is 0 Å². The molecule has 9 nitrogen and oxygen atoms in total. The SMILES string of the molecule is CC(C)CN(C(=O)c1nc2ccccc2n1CCCCCO)[C@@H]1CNC[C@H](C(=O)N2CCOCC2)C1.Cl.Cl. The zero-order chi connectivity index (χ0) is 25.5. The number of carbonyl (C=O) groups is 2. The van der Waals surface area contributed by atoms with Gasteiger partial charge in [0, 0.05) is 51.9 Å². The Morgan fingerprint density at radius 3 is 2.58 bits per heavy atom. The number of aromatic nitrogens is 2. The lowest BCUT2D eigenvalue weighted by Gasteiger charge is -2.40. The fraction of sp³-hybridized carbons (Fsp3) is 0.667. The number of benzene rings is 1. The van der Waals surface area contributed by atoms with E-state index in [0.29, 0.717) is 64.7 Å². The quantitative estimate of drug-likeness (QED) is 0.425. The third-order valence-corrected chi connectivity index (χ3v) is 7.15. The third-order valence-electron chi connectivity index (χ3n) is 7.15. The Labute approximate surface area is 238 Å². The first-order valence-electron chi connectivity index (χ1n) is 13.4. The lowest BCUT2D eigenvalue weighted by Crippen LogP contribution is -2.56. The van der Waals surface area contributed by atoms with Crippen LogP contribution in [0.1, 0.15) is 50.1 Å². The maximum absolute atomic E-state index is 14.1. The largest absolute Gasteiger partial charge is 0.396 e. The Morgan fingerprint density at radius 1 is 1.13 bits per heavy atom. The van der Waals surface area contributed by atoms with Crippen LogP contribution in [0.5, 0.6) is 0 Å². The van der Waals surface area contributed by atoms with Crippen LogP contribution in [0, 0.1) is 11.8 Å². The van der Waals surface area contributed by atoms with Gasteiger partial charge in [0.2, 0.25) is 5.91 Å². The van der Waals surface area contributed by atoms with Crippen molar-refractivity contribution in [2.24, 2.45) is 11.8 Å². The second-order valence-corrected chi connectivity index (χ2v) is 10.4. The van der Waals surface area contributed by atoms with Gasteiger partial charge in [0.15, 0.2) is 5.82 Å². The van der Waals surface area contributed by atoms with E-state index in [1.807, 2.05) is 38.6 Å². The number of unbranched alkanes of at least 4 members (excludes halogenated alkanes) is 2. The molecule has 0 bridgehead atoms. The van der Waals surface area contributed by atoms with E-state index in [0.717, 1.165) is 30.3 Å². The summed E-state index contributed by atoms with van der Waals surface area (Å²) in [5.41, 5.74) is 1.77. The van der Waals surface area contributed by atoms with Crippen molar-refractivity contribution in [2.45, 2.75) is 52.1 Å². The molecule has 4 rings (SSSR count). The summed E-state index contributed by atoms with van der Waals surface area (Å²) >= 11 is 0. The third kappa shape index (κ3) is 7.82. The number of para-hydroxylation sites is 2. The molecule has 2 aliphatic rings. The van der Waals surface area contributed by atoms with Crippen molar-refractivity contribution in [3.8, 4) is 0 Å². The Bertz CT molecular complexity index is 1030. The van der Waals surface area contributed by atoms with Crippen LogP contribution >= 0.6 is 24.8 Å². The monoisotopic (exact) mass is 571 g/mol. The van der Waals surface area contributed by atoms with Crippen LogP contribution < -0.4 is 5.32 Å². The highest BCUT2D eigenvalue weighted by Crippen LogP contribution is 2.24. The van der Waals surface area contributed by atoms with Gasteiger partial charge in [0.05, 0.1) is 30.2 Å². The molecule has 1 aromatic heterocycles. The van der Waals surface area contributed by atoms with Gasteiger partial charge in [-0.25, -0.2) is 4.98 Å². The molecule has 0 saturated carbocycles. The van der Waals surface area contributed by atoms with Crippen LogP contribution in [0.25, 0.3) is 11.0 Å². The molecule has 11 heteroatoms. The van der Waals surface area contributed by atoms with Gasteiger partial charge in [-0.3, -0.25) is 9.59 Å². The molecule has 0 spiro atoms. The Balaban J connectivity index is 0.00000253. The van der Waals surface area contributed by atoms with Crippen LogP contribution in [-0.2, 0) is 16.1 Å². The highest BCUT2D eigenvalue weighted by molar-refractivity contribution is 5.95. The molecule has 2 N–H and O–H groups in total. The molecule has 3 heterocycles. The zero-order valence-electron chi connectivity index (χ0n) is 22.5. The molecule has 2 aliphatic heterocycles. The second kappa shape index (κ2) is 15.6. The molecule has 0 unspecified atom stereocenters. The molecule has 38 heavy (non-hydrogen) atoms. The van der Waals surface area contributed by atoms with Gasteiger partial charge in [-0.1, -0.05) is 26.0 Å².